The zero-order valence-corrected chi connectivity index (χ0v) is 22.9. The topological polar surface area (TPSA) is 0 Å². The molecule has 0 heterocycles. The molecule has 180 valence electrons. The van der Waals surface area contributed by atoms with Crippen LogP contribution in [0.2, 0.25) is 5.02 Å². The first-order valence-electron chi connectivity index (χ1n) is 11.6. The SMILES string of the molecule is CC(C)(C)c1ccccc1Cl.CC(C)(C)c1ccccc1F.Cc1ccccc1C(C)(C)C. The van der Waals surface area contributed by atoms with Crippen molar-refractivity contribution in [3.63, 3.8) is 0 Å². The lowest BCUT2D eigenvalue weighted by Gasteiger charge is -2.21. The van der Waals surface area contributed by atoms with Crippen LogP contribution in [0.1, 0.15) is 84.6 Å². The van der Waals surface area contributed by atoms with Crippen LogP contribution in [0, 0.1) is 12.7 Å². The second-order valence-electron chi connectivity index (χ2n) is 11.5. The van der Waals surface area contributed by atoms with E-state index in [1.165, 1.54) is 22.8 Å². The van der Waals surface area contributed by atoms with Crippen molar-refractivity contribution in [2.24, 2.45) is 0 Å². The highest BCUT2D eigenvalue weighted by Gasteiger charge is 2.17. The van der Waals surface area contributed by atoms with E-state index in [-0.39, 0.29) is 22.1 Å². The van der Waals surface area contributed by atoms with Gasteiger partial charge in [0.15, 0.2) is 0 Å². The van der Waals surface area contributed by atoms with Crippen LogP contribution in [0.25, 0.3) is 0 Å². The summed E-state index contributed by atoms with van der Waals surface area (Å²) in [5, 5.41) is 0.861. The normalized spacial score (nSPS) is 11.6. The molecular formula is C31H42ClF. The van der Waals surface area contributed by atoms with E-state index in [0.29, 0.717) is 0 Å². The summed E-state index contributed by atoms with van der Waals surface area (Å²) in [5.41, 5.74) is 5.16. The van der Waals surface area contributed by atoms with E-state index in [9.17, 15) is 4.39 Å². The van der Waals surface area contributed by atoms with Crippen molar-refractivity contribution in [1.82, 2.24) is 0 Å². The maximum absolute atomic E-state index is 13.1. The van der Waals surface area contributed by atoms with E-state index in [4.69, 9.17) is 11.6 Å². The van der Waals surface area contributed by atoms with Crippen LogP contribution >= 0.6 is 11.6 Å². The second-order valence-corrected chi connectivity index (χ2v) is 11.9. The Morgan fingerprint density at radius 2 is 0.879 bits per heavy atom. The molecule has 0 saturated heterocycles. The lowest BCUT2D eigenvalue weighted by molar-refractivity contribution is 0.523. The molecule has 0 aliphatic heterocycles. The Hall–Kier alpha value is -2.12. The molecule has 0 bridgehead atoms. The van der Waals surface area contributed by atoms with Gasteiger partial charge in [0.2, 0.25) is 0 Å². The summed E-state index contributed by atoms with van der Waals surface area (Å²) in [6, 6.07) is 23.5. The fourth-order valence-electron chi connectivity index (χ4n) is 3.55. The lowest BCUT2D eigenvalue weighted by Crippen LogP contribution is -2.12. The smallest absolute Gasteiger partial charge is 0.126 e. The molecule has 0 saturated carbocycles. The van der Waals surface area contributed by atoms with Crippen LogP contribution in [0.15, 0.2) is 72.8 Å². The van der Waals surface area contributed by atoms with Crippen molar-refractivity contribution >= 4 is 11.6 Å². The number of aryl methyl sites for hydroxylation is 1. The Labute approximate surface area is 207 Å². The van der Waals surface area contributed by atoms with Gasteiger partial charge in [0.1, 0.15) is 5.82 Å². The third-order valence-corrected chi connectivity index (χ3v) is 5.65. The molecule has 0 amide bonds. The number of rotatable bonds is 0. The van der Waals surface area contributed by atoms with Crippen molar-refractivity contribution < 1.29 is 4.39 Å². The fraction of sp³-hybridized carbons (Fsp3) is 0.419. The molecule has 0 N–H and O–H groups in total. The van der Waals surface area contributed by atoms with Gasteiger partial charge in [0.25, 0.3) is 0 Å². The molecule has 0 aliphatic carbocycles. The average molecular weight is 469 g/mol. The zero-order valence-electron chi connectivity index (χ0n) is 22.2. The minimum absolute atomic E-state index is 0.0919. The number of benzene rings is 3. The third-order valence-electron chi connectivity index (χ3n) is 5.32. The van der Waals surface area contributed by atoms with Crippen LogP contribution < -0.4 is 0 Å². The molecule has 0 fully saturated rings. The van der Waals surface area contributed by atoms with Gasteiger partial charge in [-0.05, 0) is 57.6 Å². The van der Waals surface area contributed by atoms with E-state index in [2.05, 4.69) is 78.8 Å². The molecule has 0 nitrogen and oxygen atoms in total. The molecule has 0 spiro atoms. The predicted molar refractivity (Wildman–Crippen MR) is 145 cm³/mol. The summed E-state index contributed by atoms with van der Waals surface area (Å²) in [6.45, 7) is 21.4. The summed E-state index contributed by atoms with van der Waals surface area (Å²) in [6.07, 6.45) is 0. The second kappa shape index (κ2) is 11.8. The van der Waals surface area contributed by atoms with Gasteiger partial charge < -0.3 is 0 Å². The molecule has 3 rings (SSSR count). The number of hydrogen-bond donors (Lipinski definition) is 0. The molecule has 2 heteroatoms. The number of halogens is 2. The highest BCUT2D eigenvalue weighted by atomic mass is 35.5. The molecule has 0 aliphatic rings. The van der Waals surface area contributed by atoms with Gasteiger partial charge >= 0.3 is 0 Å². The van der Waals surface area contributed by atoms with Crippen LogP contribution in [0.5, 0.6) is 0 Å². The maximum Gasteiger partial charge on any atom is 0.126 e. The summed E-state index contributed by atoms with van der Waals surface area (Å²) >= 11 is 6.01. The molecule has 0 unspecified atom stereocenters. The van der Waals surface area contributed by atoms with Gasteiger partial charge in [-0.2, -0.15) is 0 Å². The Bertz CT molecular complexity index is 866. The number of hydrogen-bond acceptors (Lipinski definition) is 0. The summed E-state index contributed by atoms with van der Waals surface area (Å²) in [4.78, 5) is 0. The first-order chi connectivity index (χ1) is 15.0. The third kappa shape index (κ3) is 9.72. The molecule has 3 aromatic carbocycles. The van der Waals surface area contributed by atoms with E-state index in [1.807, 2.05) is 51.1 Å². The highest BCUT2D eigenvalue weighted by molar-refractivity contribution is 6.31. The molecule has 3 aromatic rings. The quantitative estimate of drug-likeness (QED) is 0.307. The van der Waals surface area contributed by atoms with Crippen LogP contribution in [0.4, 0.5) is 4.39 Å². The maximum atomic E-state index is 13.1. The van der Waals surface area contributed by atoms with Crippen molar-refractivity contribution in [3.05, 3.63) is 106 Å². The van der Waals surface area contributed by atoms with Gasteiger partial charge in [-0.25, -0.2) is 4.39 Å². The molecule has 0 radical (unpaired) electrons. The van der Waals surface area contributed by atoms with Gasteiger partial charge in [-0.3, -0.25) is 0 Å². The van der Waals surface area contributed by atoms with Crippen LogP contribution in [-0.4, -0.2) is 0 Å². The summed E-state index contributed by atoms with van der Waals surface area (Å²) in [5.74, 6) is -0.111. The molecular weight excluding hydrogens is 427 g/mol. The largest absolute Gasteiger partial charge is 0.207 e. The van der Waals surface area contributed by atoms with Gasteiger partial charge in [-0.1, -0.05) is 135 Å². The van der Waals surface area contributed by atoms with Crippen LogP contribution in [-0.2, 0) is 16.2 Å². The molecule has 33 heavy (non-hydrogen) atoms. The Morgan fingerprint density at radius 1 is 0.515 bits per heavy atom. The van der Waals surface area contributed by atoms with E-state index >= 15 is 0 Å². The zero-order chi connectivity index (χ0) is 25.4. The van der Waals surface area contributed by atoms with E-state index < -0.39 is 0 Å². The Kier molecular flexibility index (Phi) is 10.4. The van der Waals surface area contributed by atoms with Crippen LogP contribution in [0.3, 0.4) is 0 Å². The first-order valence-corrected chi connectivity index (χ1v) is 12.0. The Balaban J connectivity index is 0.000000247. The average Bonchev–Trinajstić information content (AvgIpc) is 2.67. The van der Waals surface area contributed by atoms with E-state index in [1.54, 1.807) is 6.07 Å². The highest BCUT2D eigenvalue weighted by Crippen LogP contribution is 2.28. The van der Waals surface area contributed by atoms with Crippen molar-refractivity contribution in [2.45, 2.75) is 85.5 Å². The predicted octanol–water partition coefficient (Wildman–Crippen LogP) is 10.1. The standard InChI is InChI=1S/C11H16.C10H13Cl.C10H13F/c1-9-7-5-6-8-10(9)11(2,3)4;2*1-10(2,3)8-6-4-5-7-9(8)11/h5-8H,1-4H3;2*4-7H,1-3H3. The van der Waals surface area contributed by atoms with E-state index in [0.717, 1.165) is 10.6 Å². The summed E-state index contributed by atoms with van der Waals surface area (Å²) < 4.78 is 13.1. The summed E-state index contributed by atoms with van der Waals surface area (Å²) in [7, 11) is 0. The molecule has 0 atom stereocenters. The van der Waals surface area contributed by atoms with Crippen molar-refractivity contribution in [1.29, 1.82) is 0 Å². The van der Waals surface area contributed by atoms with Gasteiger partial charge in [-0.15, -0.1) is 0 Å². The van der Waals surface area contributed by atoms with Gasteiger partial charge in [0.05, 0.1) is 0 Å². The minimum Gasteiger partial charge on any atom is -0.207 e. The lowest BCUT2D eigenvalue weighted by atomic mass is 9.84. The fourth-order valence-corrected chi connectivity index (χ4v) is 3.97. The van der Waals surface area contributed by atoms with Crippen molar-refractivity contribution in [3.8, 4) is 0 Å². The monoisotopic (exact) mass is 468 g/mol. The van der Waals surface area contributed by atoms with Gasteiger partial charge in [0, 0.05) is 5.02 Å². The van der Waals surface area contributed by atoms with Crippen molar-refractivity contribution in [2.75, 3.05) is 0 Å². The minimum atomic E-state index is -0.111. The molecule has 0 aromatic heterocycles. The Morgan fingerprint density at radius 3 is 1.18 bits per heavy atom. The first kappa shape index (κ1) is 28.9.